The molecule has 2 aromatic carbocycles. The van der Waals surface area contributed by atoms with E-state index < -0.39 is 0 Å². The molecule has 0 saturated heterocycles. The second-order valence-electron chi connectivity index (χ2n) is 9.49. The average Bonchev–Trinajstić information content (AvgIpc) is 2.76. The molecule has 4 nitrogen and oxygen atoms in total. The second kappa shape index (κ2) is 12.8. The topological polar surface area (TPSA) is 49.8 Å². The standard InChI is InChI=1S/C28H41NO3/c1-20(2)28(31)32-27-16-15-23(19-30)18-26(27)25(24-12-8-7-9-13-24)14-10-11-17-29(21(3)4)22(5)6/h7-9,12-13,15-16,18,20-22,25,30H,10-11,14,17,19H2,1-6H3. The third-order valence-corrected chi connectivity index (χ3v) is 6.00. The van der Waals surface area contributed by atoms with E-state index in [1.165, 1.54) is 5.56 Å². The van der Waals surface area contributed by atoms with Crippen molar-refractivity contribution >= 4 is 5.97 Å². The number of ether oxygens (including phenoxy) is 1. The van der Waals surface area contributed by atoms with Crippen molar-refractivity contribution in [1.29, 1.82) is 0 Å². The van der Waals surface area contributed by atoms with Gasteiger partial charge in [0.15, 0.2) is 0 Å². The molecular weight excluding hydrogens is 398 g/mol. The number of rotatable bonds is 12. The molecule has 176 valence electrons. The van der Waals surface area contributed by atoms with Gasteiger partial charge in [-0.25, -0.2) is 0 Å². The molecule has 0 aliphatic heterocycles. The minimum atomic E-state index is -0.237. The Labute approximate surface area is 194 Å². The zero-order valence-electron chi connectivity index (χ0n) is 20.7. The van der Waals surface area contributed by atoms with E-state index in [0.29, 0.717) is 17.8 Å². The Morgan fingerprint density at radius 1 is 0.938 bits per heavy atom. The van der Waals surface area contributed by atoms with Crippen LogP contribution in [0.3, 0.4) is 0 Å². The van der Waals surface area contributed by atoms with Crippen LogP contribution in [0, 0.1) is 5.92 Å². The van der Waals surface area contributed by atoms with Crippen LogP contribution >= 0.6 is 0 Å². The number of unbranched alkanes of at least 4 members (excludes halogenated alkanes) is 1. The van der Waals surface area contributed by atoms with Crippen LogP contribution in [-0.4, -0.2) is 34.6 Å². The number of hydrogen-bond donors (Lipinski definition) is 1. The van der Waals surface area contributed by atoms with Crippen LogP contribution in [0.2, 0.25) is 0 Å². The first-order valence-corrected chi connectivity index (χ1v) is 12.0. The van der Waals surface area contributed by atoms with Gasteiger partial charge in [0.25, 0.3) is 0 Å². The SMILES string of the molecule is CC(C)C(=O)Oc1ccc(CO)cc1C(CCCCN(C(C)C)C(C)C)c1ccccc1. The molecule has 32 heavy (non-hydrogen) atoms. The van der Waals surface area contributed by atoms with Crippen LogP contribution in [0.25, 0.3) is 0 Å². The fourth-order valence-corrected chi connectivity index (χ4v) is 4.23. The third kappa shape index (κ3) is 7.46. The van der Waals surface area contributed by atoms with Gasteiger partial charge in [-0.1, -0.05) is 56.7 Å². The molecule has 0 saturated carbocycles. The van der Waals surface area contributed by atoms with Crippen molar-refractivity contribution in [2.24, 2.45) is 5.92 Å². The molecule has 0 aromatic heterocycles. The Kier molecular flexibility index (Phi) is 10.4. The minimum absolute atomic E-state index is 0.0371. The van der Waals surface area contributed by atoms with Gasteiger partial charge >= 0.3 is 5.97 Å². The number of carbonyl (C=O) groups is 1. The Morgan fingerprint density at radius 2 is 1.59 bits per heavy atom. The first-order chi connectivity index (χ1) is 15.2. The lowest BCUT2D eigenvalue weighted by atomic mass is 9.85. The fourth-order valence-electron chi connectivity index (χ4n) is 4.23. The molecule has 0 aliphatic rings. The second-order valence-corrected chi connectivity index (χ2v) is 9.49. The van der Waals surface area contributed by atoms with Gasteiger partial charge in [-0.3, -0.25) is 9.69 Å². The monoisotopic (exact) mass is 439 g/mol. The van der Waals surface area contributed by atoms with Gasteiger partial charge in [0.1, 0.15) is 5.75 Å². The van der Waals surface area contributed by atoms with Crippen molar-refractivity contribution in [3.05, 3.63) is 65.2 Å². The van der Waals surface area contributed by atoms with E-state index in [1.807, 2.05) is 38.1 Å². The number of benzene rings is 2. The van der Waals surface area contributed by atoms with Gasteiger partial charge < -0.3 is 9.84 Å². The van der Waals surface area contributed by atoms with Crippen molar-refractivity contribution in [3.8, 4) is 5.75 Å². The normalized spacial score (nSPS) is 12.7. The molecule has 0 spiro atoms. The maximum Gasteiger partial charge on any atom is 0.313 e. The summed E-state index contributed by atoms with van der Waals surface area (Å²) in [5.41, 5.74) is 3.01. The fraction of sp³-hybridized carbons (Fsp3) is 0.536. The lowest BCUT2D eigenvalue weighted by molar-refractivity contribution is -0.137. The van der Waals surface area contributed by atoms with E-state index in [-0.39, 0.29) is 24.4 Å². The lowest BCUT2D eigenvalue weighted by Crippen LogP contribution is -2.37. The highest BCUT2D eigenvalue weighted by molar-refractivity contribution is 5.75. The molecule has 1 N–H and O–H groups in total. The van der Waals surface area contributed by atoms with Crippen LogP contribution < -0.4 is 4.74 Å². The largest absolute Gasteiger partial charge is 0.426 e. The van der Waals surface area contributed by atoms with Crippen molar-refractivity contribution in [2.75, 3.05) is 6.54 Å². The lowest BCUT2D eigenvalue weighted by Gasteiger charge is -2.30. The molecule has 0 radical (unpaired) electrons. The summed E-state index contributed by atoms with van der Waals surface area (Å²) in [4.78, 5) is 14.9. The zero-order valence-corrected chi connectivity index (χ0v) is 20.7. The summed E-state index contributed by atoms with van der Waals surface area (Å²) in [5.74, 6) is 0.262. The van der Waals surface area contributed by atoms with Gasteiger partial charge in [0, 0.05) is 23.6 Å². The molecule has 2 aromatic rings. The van der Waals surface area contributed by atoms with Crippen molar-refractivity contribution < 1.29 is 14.6 Å². The molecular formula is C28H41NO3. The molecule has 1 atom stereocenters. The summed E-state index contributed by atoms with van der Waals surface area (Å²) >= 11 is 0. The number of aliphatic hydroxyl groups excluding tert-OH is 1. The van der Waals surface area contributed by atoms with Crippen LogP contribution in [0.15, 0.2) is 48.5 Å². The highest BCUT2D eigenvalue weighted by atomic mass is 16.5. The summed E-state index contributed by atoms with van der Waals surface area (Å²) in [7, 11) is 0. The van der Waals surface area contributed by atoms with Crippen molar-refractivity contribution in [1.82, 2.24) is 4.90 Å². The third-order valence-electron chi connectivity index (χ3n) is 6.00. The van der Waals surface area contributed by atoms with Crippen LogP contribution in [0.5, 0.6) is 5.75 Å². The number of carbonyl (C=O) groups excluding carboxylic acids is 1. The first-order valence-electron chi connectivity index (χ1n) is 12.0. The molecule has 0 heterocycles. The highest BCUT2D eigenvalue weighted by Gasteiger charge is 2.22. The molecule has 0 amide bonds. The number of nitrogens with zero attached hydrogens (tertiary/aromatic N) is 1. The van der Waals surface area contributed by atoms with Gasteiger partial charge in [-0.2, -0.15) is 0 Å². The maximum atomic E-state index is 12.4. The molecule has 4 heteroatoms. The van der Waals surface area contributed by atoms with Gasteiger partial charge in [-0.05, 0) is 70.3 Å². The predicted molar refractivity (Wildman–Crippen MR) is 132 cm³/mol. The van der Waals surface area contributed by atoms with Crippen molar-refractivity contribution in [3.63, 3.8) is 0 Å². The highest BCUT2D eigenvalue weighted by Crippen LogP contribution is 2.37. The first kappa shape index (κ1) is 26.1. The number of esters is 1. The summed E-state index contributed by atoms with van der Waals surface area (Å²) in [6, 6.07) is 17.1. The van der Waals surface area contributed by atoms with Crippen molar-refractivity contribution in [2.45, 2.75) is 85.4 Å². The predicted octanol–water partition coefficient (Wildman–Crippen LogP) is 6.16. The van der Waals surface area contributed by atoms with Gasteiger partial charge in [0.2, 0.25) is 0 Å². The number of hydrogen-bond acceptors (Lipinski definition) is 4. The maximum absolute atomic E-state index is 12.4. The van der Waals surface area contributed by atoms with Gasteiger partial charge in [0.05, 0.1) is 12.5 Å². The zero-order chi connectivity index (χ0) is 23.7. The molecule has 0 aliphatic carbocycles. The van der Waals surface area contributed by atoms with E-state index in [1.54, 1.807) is 0 Å². The molecule has 0 fully saturated rings. The van der Waals surface area contributed by atoms with Gasteiger partial charge in [-0.15, -0.1) is 0 Å². The minimum Gasteiger partial charge on any atom is -0.426 e. The molecule has 1 unspecified atom stereocenters. The quantitative estimate of drug-likeness (QED) is 0.244. The Morgan fingerprint density at radius 3 is 2.16 bits per heavy atom. The summed E-state index contributed by atoms with van der Waals surface area (Å²) in [6.45, 7) is 13.7. The van der Waals surface area contributed by atoms with E-state index in [9.17, 15) is 9.90 Å². The molecule has 0 bridgehead atoms. The van der Waals surface area contributed by atoms with E-state index >= 15 is 0 Å². The summed E-state index contributed by atoms with van der Waals surface area (Å²) in [6.07, 6.45) is 3.13. The van der Waals surface area contributed by atoms with Crippen LogP contribution in [-0.2, 0) is 11.4 Å². The summed E-state index contributed by atoms with van der Waals surface area (Å²) < 4.78 is 5.79. The Bertz CT molecular complexity index is 822. The van der Waals surface area contributed by atoms with E-state index in [4.69, 9.17) is 4.74 Å². The van der Waals surface area contributed by atoms with Crippen LogP contribution in [0.4, 0.5) is 0 Å². The van der Waals surface area contributed by atoms with E-state index in [0.717, 1.165) is 36.9 Å². The van der Waals surface area contributed by atoms with E-state index in [2.05, 4.69) is 56.9 Å². The molecule has 2 rings (SSSR count). The summed E-state index contributed by atoms with van der Waals surface area (Å²) in [5, 5.41) is 9.74. The average molecular weight is 440 g/mol. The Balaban J connectivity index is 2.30. The smallest absolute Gasteiger partial charge is 0.313 e. The Hall–Kier alpha value is -2.17. The van der Waals surface area contributed by atoms with Crippen LogP contribution in [0.1, 0.15) is 83.4 Å². The number of aliphatic hydroxyl groups is 1.